The van der Waals surface area contributed by atoms with Gasteiger partial charge in [-0.15, -0.1) is 0 Å². The maximum absolute atomic E-state index is 10.7. The average molecular weight is 309 g/mol. The van der Waals surface area contributed by atoms with Crippen molar-refractivity contribution < 1.29 is 14.6 Å². The quantitative estimate of drug-likeness (QED) is 0.883. The zero-order valence-corrected chi connectivity index (χ0v) is 13.2. The lowest BCUT2D eigenvalue weighted by Crippen LogP contribution is -2.17. The molecule has 118 valence electrons. The number of ether oxygens (including phenoxy) is 1. The summed E-state index contributed by atoms with van der Waals surface area (Å²) in [6.45, 7) is 4.64. The second-order valence-corrected chi connectivity index (χ2v) is 6.33. The van der Waals surface area contributed by atoms with Crippen molar-refractivity contribution in [3.05, 3.63) is 70.8 Å². The van der Waals surface area contributed by atoms with Gasteiger partial charge in [0, 0.05) is 11.1 Å². The summed E-state index contributed by atoms with van der Waals surface area (Å²) in [5.74, 6) is 0.645. The molecule has 1 unspecified atom stereocenters. The molecule has 0 aromatic heterocycles. The smallest absolute Gasteiger partial charge is 0.216 e. The molecule has 1 aliphatic heterocycles. The lowest BCUT2D eigenvalue weighted by molar-refractivity contribution is 0.112. The number of hydrogen-bond donors (Lipinski definition) is 1. The average Bonchev–Trinajstić information content (AvgIpc) is 2.94. The molecular weight excluding hydrogens is 290 g/mol. The van der Waals surface area contributed by atoms with E-state index in [2.05, 4.69) is 4.99 Å². The lowest BCUT2D eigenvalue weighted by Gasteiger charge is -2.12. The number of aliphatic hydroxyl groups excluding tert-OH is 1. The number of aldehydes is 1. The Morgan fingerprint density at radius 1 is 1.09 bits per heavy atom. The minimum absolute atomic E-state index is 0.187. The number of carbonyl (C=O) groups is 1. The SMILES string of the molecule is CC1(C)COC(c2ccc(C(O)c3ccc(C=O)cc3)cc2)=N1. The van der Waals surface area contributed by atoms with E-state index in [1.165, 1.54) is 0 Å². The van der Waals surface area contributed by atoms with Gasteiger partial charge in [0.25, 0.3) is 0 Å². The highest BCUT2D eigenvalue weighted by Gasteiger charge is 2.27. The Kier molecular flexibility index (Phi) is 4.01. The molecule has 0 bridgehead atoms. The van der Waals surface area contributed by atoms with Crippen molar-refractivity contribution in [1.82, 2.24) is 0 Å². The first kappa shape index (κ1) is 15.4. The fourth-order valence-corrected chi connectivity index (χ4v) is 2.49. The molecule has 1 N–H and O–H groups in total. The number of benzene rings is 2. The first-order valence-electron chi connectivity index (χ1n) is 7.55. The van der Waals surface area contributed by atoms with Gasteiger partial charge in [-0.05, 0) is 37.1 Å². The standard InChI is InChI=1S/C19H19NO3/c1-19(2)12-23-18(20-19)16-9-7-15(8-10-16)17(22)14-5-3-13(11-21)4-6-14/h3-11,17,22H,12H2,1-2H3. The Labute approximate surface area is 135 Å². The molecule has 3 rings (SSSR count). The van der Waals surface area contributed by atoms with E-state index in [1.807, 2.05) is 38.1 Å². The molecule has 0 spiro atoms. The molecule has 0 aliphatic carbocycles. The zero-order chi connectivity index (χ0) is 16.4. The lowest BCUT2D eigenvalue weighted by atomic mass is 9.99. The maximum Gasteiger partial charge on any atom is 0.216 e. The molecule has 1 atom stereocenters. The van der Waals surface area contributed by atoms with Crippen LogP contribution in [0.25, 0.3) is 0 Å². The number of nitrogens with zero attached hydrogens (tertiary/aromatic N) is 1. The summed E-state index contributed by atoms with van der Waals surface area (Å²) < 4.78 is 5.62. The van der Waals surface area contributed by atoms with Crippen LogP contribution in [0, 0.1) is 0 Å². The van der Waals surface area contributed by atoms with Crippen LogP contribution in [0.15, 0.2) is 53.5 Å². The summed E-state index contributed by atoms with van der Waals surface area (Å²) >= 11 is 0. The van der Waals surface area contributed by atoms with E-state index in [-0.39, 0.29) is 5.54 Å². The van der Waals surface area contributed by atoms with Crippen LogP contribution in [0.5, 0.6) is 0 Å². The van der Waals surface area contributed by atoms with E-state index in [1.54, 1.807) is 24.3 Å². The summed E-state index contributed by atoms with van der Waals surface area (Å²) in [7, 11) is 0. The number of aliphatic imine (C=N–C) groups is 1. The Balaban J connectivity index is 1.80. The Morgan fingerprint density at radius 2 is 1.65 bits per heavy atom. The molecule has 0 saturated carbocycles. The summed E-state index contributed by atoms with van der Waals surface area (Å²) in [4.78, 5) is 15.2. The molecular formula is C19H19NO3. The topological polar surface area (TPSA) is 58.9 Å². The molecule has 1 heterocycles. The highest BCUT2D eigenvalue weighted by atomic mass is 16.5. The van der Waals surface area contributed by atoms with Crippen molar-refractivity contribution in [2.45, 2.75) is 25.5 Å². The van der Waals surface area contributed by atoms with Gasteiger partial charge < -0.3 is 9.84 Å². The van der Waals surface area contributed by atoms with Crippen LogP contribution in [0.4, 0.5) is 0 Å². The number of aliphatic hydroxyl groups is 1. The van der Waals surface area contributed by atoms with Crippen LogP contribution < -0.4 is 0 Å². The van der Waals surface area contributed by atoms with Crippen LogP contribution in [0.2, 0.25) is 0 Å². The van der Waals surface area contributed by atoms with Crippen LogP contribution in [0.3, 0.4) is 0 Å². The maximum atomic E-state index is 10.7. The second kappa shape index (κ2) is 5.97. The minimum atomic E-state index is -0.729. The van der Waals surface area contributed by atoms with Crippen molar-refractivity contribution in [3.63, 3.8) is 0 Å². The molecule has 23 heavy (non-hydrogen) atoms. The predicted molar refractivity (Wildman–Crippen MR) is 88.9 cm³/mol. The fourth-order valence-electron chi connectivity index (χ4n) is 2.49. The fraction of sp³-hybridized carbons (Fsp3) is 0.263. The van der Waals surface area contributed by atoms with Gasteiger partial charge in [-0.2, -0.15) is 0 Å². The van der Waals surface area contributed by atoms with E-state index in [0.29, 0.717) is 18.1 Å². The summed E-state index contributed by atoms with van der Waals surface area (Å²) in [5, 5.41) is 10.4. The first-order valence-corrected chi connectivity index (χ1v) is 7.55. The molecule has 0 saturated heterocycles. The molecule has 0 fully saturated rings. The van der Waals surface area contributed by atoms with E-state index in [0.717, 1.165) is 23.0 Å². The van der Waals surface area contributed by atoms with Crippen molar-refractivity contribution in [2.75, 3.05) is 6.61 Å². The third kappa shape index (κ3) is 3.32. The highest BCUT2D eigenvalue weighted by Crippen LogP contribution is 2.25. The van der Waals surface area contributed by atoms with Gasteiger partial charge >= 0.3 is 0 Å². The van der Waals surface area contributed by atoms with Gasteiger partial charge in [-0.3, -0.25) is 4.79 Å². The summed E-state index contributed by atoms with van der Waals surface area (Å²) in [6, 6.07) is 14.4. The second-order valence-electron chi connectivity index (χ2n) is 6.33. The monoisotopic (exact) mass is 309 g/mol. The van der Waals surface area contributed by atoms with E-state index in [4.69, 9.17) is 4.74 Å². The summed E-state index contributed by atoms with van der Waals surface area (Å²) in [6.07, 6.45) is 0.0574. The third-order valence-electron chi connectivity index (χ3n) is 3.83. The molecule has 2 aromatic carbocycles. The van der Waals surface area contributed by atoms with Crippen molar-refractivity contribution in [2.24, 2.45) is 4.99 Å². The van der Waals surface area contributed by atoms with Crippen LogP contribution >= 0.6 is 0 Å². The largest absolute Gasteiger partial charge is 0.475 e. The van der Waals surface area contributed by atoms with Gasteiger partial charge in [0.2, 0.25) is 5.90 Å². The van der Waals surface area contributed by atoms with Crippen LogP contribution in [-0.2, 0) is 4.74 Å². The summed E-state index contributed by atoms with van der Waals surface area (Å²) in [5.41, 5.74) is 2.84. The third-order valence-corrected chi connectivity index (χ3v) is 3.83. The van der Waals surface area contributed by atoms with E-state index >= 15 is 0 Å². The predicted octanol–water partition coefficient (Wildman–Crippen LogP) is 3.14. The number of carbonyl (C=O) groups excluding carboxylic acids is 1. The zero-order valence-electron chi connectivity index (χ0n) is 13.2. The molecule has 2 aromatic rings. The van der Waals surface area contributed by atoms with E-state index < -0.39 is 6.10 Å². The van der Waals surface area contributed by atoms with Gasteiger partial charge in [0.05, 0.1) is 5.54 Å². The van der Waals surface area contributed by atoms with Gasteiger partial charge in [0.1, 0.15) is 19.0 Å². The molecule has 1 aliphatic rings. The highest BCUT2D eigenvalue weighted by molar-refractivity contribution is 5.95. The number of rotatable bonds is 4. The molecule has 0 radical (unpaired) electrons. The Bertz CT molecular complexity index is 730. The van der Waals surface area contributed by atoms with Crippen LogP contribution in [-0.4, -0.2) is 29.4 Å². The van der Waals surface area contributed by atoms with Crippen molar-refractivity contribution in [1.29, 1.82) is 0 Å². The minimum Gasteiger partial charge on any atom is -0.475 e. The number of hydrogen-bond acceptors (Lipinski definition) is 4. The first-order chi connectivity index (χ1) is 11.0. The van der Waals surface area contributed by atoms with Gasteiger partial charge in [-0.25, -0.2) is 4.99 Å². The van der Waals surface area contributed by atoms with E-state index in [9.17, 15) is 9.90 Å². The van der Waals surface area contributed by atoms with Crippen molar-refractivity contribution in [3.8, 4) is 0 Å². The van der Waals surface area contributed by atoms with Crippen LogP contribution in [0.1, 0.15) is 47.0 Å². The molecule has 4 heteroatoms. The van der Waals surface area contributed by atoms with Gasteiger partial charge in [0.15, 0.2) is 0 Å². The Morgan fingerprint density at radius 3 is 2.13 bits per heavy atom. The van der Waals surface area contributed by atoms with Gasteiger partial charge in [-0.1, -0.05) is 36.4 Å². The Hall–Kier alpha value is -2.46. The molecule has 0 amide bonds. The van der Waals surface area contributed by atoms with Crippen molar-refractivity contribution >= 4 is 12.2 Å². The normalized spacial score (nSPS) is 17.3. The molecule has 4 nitrogen and oxygen atoms in total.